The van der Waals surface area contributed by atoms with Crippen LogP contribution in [-0.2, 0) is 4.74 Å². The predicted molar refractivity (Wildman–Crippen MR) is 101 cm³/mol. The van der Waals surface area contributed by atoms with E-state index >= 15 is 0 Å². The summed E-state index contributed by atoms with van der Waals surface area (Å²) in [4.78, 5) is 18.3. The number of carbonyl (C=O) groups is 1. The highest BCUT2D eigenvalue weighted by molar-refractivity contribution is 5.74. The molecule has 0 aliphatic carbocycles. The number of carbonyl (C=O) groups excluding carboxylic acids is 1. The molecule has 0 bridgehead atoms. The molecule has 2 aromatic rings. The van der Waals surface area contributed by atoms with E-state index in [9.17, 15) is 4.79 Å². The lowest BCUT2D eigenvalue weighted by Crippen LogP contribution is -2.39. The fraction of sp³-hybridized carbons (Fsp3) is 0.333. The molecule has 0 N–H and O–H groups in total. The minimum atomic E-state index is -0.485. The van der Waals surface area contributed by atoms with Gasteiger partial charge in [0.1, 0.15) is 11.4 Å². The highest BCUT2D eigenvalue weighted by Crippen LogP contribution is 2.31. The normalized spacial score (nSPS) is 14.6. The third kappa shape index (κ3) is 4.63. The van der Waals surface area contributed by atoms with Gasteiger partial charge in [-0.1, -0.05) is 24.3 Å². The van der Waals surface area contributed by atoms with Crippen LogP contribution >= 0.6 is 0 Å². The van der Waals surface area contributed by atoms with Gasteiger partial charge in [0.2, 0.25) is 5.88 Å². The Kier molecular flexibility index (Phi) is 5.26. The molecule has 0 saturated carbocycles. The SMILES string of the molecule is CC(C)(C)OC(=O)N1CC=C(c2cccnc2Oc2ccccc2)CC1. The summed E-state index contributed by atoms with van der Waals surface area (Å²) in [5, 5.41) is 0. The van der Waals surface area contributed by atoms with E-state index in [0.29, 0.717) is 19.0 Å². The standard InChI is InChI=1S/C21H24N2O3/c1-21(2,3)26-20(24)23-14-11-16(12-15-23)18-10-7-13-22-19(18)25-17-8-5-4-6-9-17/h4-11,13H,12,14-15H2,1-3H3. The van der Waals surface area contributed by atoms with Crippen LogP contribution in [0, 0.1) is 0 Å². The number of hydrogen-bond donors (Lipinski definition) is 0. The Morgan fingerprint density at radius 3 is 2.54 bits per heavy atom. The average Bonchev–Trinajstić information content (AvgIpc) is 2.62. The fourth-order valence-corrected chi connectivity index (χ4v) is 2.72. The molecule has 5 heteroatoms. The van der Waals surface area contributed by atoms with Crippen LogP contribution in [0.5, 0.6) is 11.6 Å². The van der Waals surface area contributed by atoms with Gasteiger partial charge in [-0.3, -0.25) is 0 Å². The Morgan fingerprint density at radius 1 is 1.12 bits per heavy atom. The maximum atomic E-state index is 12.2. The molecule has 1 aliphatic rings. The lowest BCUT2D eigenvalue weighted by atomic mass is 10.0. The molecule has 0 unspecified atom stereocenters. The molecule has 1 aliphatic heterocycles. The van der Waals surface area contributed by atoms with E-state index in [1.54, 1.807) is 11.1 Å². The number of benzene rings is 1. The number of pyridine rings is 1. The van der Waals surface area contributed by atoms with Crippen LogP contribution < -0.4 is 4.74 Å². The van der Waals surface area contributed by atoms with Crippen molar-refractivity contribution in [1.29, 1.82) is 0 Å². The number of hydrogen-bond acceptors (Lipinski definition) is 4. The summed E-state index contributed by atoms with van der Waals surface area (Å²) in [7, 11) is 0. The molecule has 5 nitrogen and oxygen atoms in total. The largest absolute Gasteiger partial charge is 0.444 e. The van der Waals surface area contributed by atoms with Crippen LogP contribution in [0.25, 0.3) is 5.57 Å². The lowest BCUT2D eigenvalue weighted by Gasteiger charge is -2.29. The summed E-state index contributed by atoms with van der Waals surface area (Å²) in [5.41, 5.74) is 1.60. The van der Waals surface area contributed by atoms with Gasteiger partial charge in [0.25, 0.3) is 0 Å². The van der Waals surface area contributed by atoms with Crippen molar-refractivity contribution in [3.63, 3.8) is 0 Å². The van der Waals surface area contributed by atoms with Crippen molar-refractivity contribution < 1.29 is 14.3 Å². The molecule has 136 valence electrons. The number of rotatable bonds is 3. The smallest absolute Gasteiger partial charge is 0.410 e. The van der Waals surface area contributed by atoms with Gasteiger partial charge in [-0.15, -0.1) is 0 Å². The van der Waals surface area contributed by atoms with E-state index in [4.69, 9.17) is 9.47 Å². The molecule has 0 saturated heterocycles. The Balaban J connectivity index is 1.74. The molecule has 0 radical (unpaired) electrons. The molecule has 0 atom stereocenters. The van der Waals surface area contributed by atoms with Gasteiger partial charge in [-0.2, -0.15) is 0 Å². The second-order valence-electron chi connectivity index (χ2n) is 7.18. The molecule has 3 rings (SSSR count). The highest BCUT2D eigenvalue weighted by atomic mass is 16.6. The highest BCUT2D eigenvalue weighted by Gasteiger charge is 2.24. The molecule has 1 aromatic carbocycles. The van der Waals surface area contributed by atoms with Gasteiger partial charge in [0.05, 0.1) is 0 Å². The van der Waals surface area contributed by atoms with Crippen molar-refractivity contribution in [3.8, 4) is 11.6 Å². The Hall–Kier alpha value is -2.82. The molecule has 2 heterocycles. The minimum absolute atomic E-state index is 0.278. The van der Waals surface area contributed by atoms with E-state index in [1.807, 2.05) is 69.3 Å². The van der Waals surface area contributed by atoms with Gasteiger partial charge in [0, 0.05) is 24.8 Å². The minimum Gasteiger partial charge on any atom is -0.444 e. The summed E-state index contributed by atoms with van der Waals surface area (Å²) in [5.74, 6) is 1.33. The van der Waals surface area contributed by atoms with Crippen LogP contribution in [0.4, 0.5) is 4.79 Å². The van der Waals surface area contributed by atoms with Crippen molar-refractivity contribution in [2.75, 3.05) is 13.1 Å². The number of para-hydroxylation sites is 1. The number of nitrogens with zero attached hydrogens (tertiary/aromatic N) is 2. The predicted octanol–water partition coefficient (Wildman–Crippen LogP) is 4.90. The van der Waals surface area contributed by atoms with Gasteiger partial charge in [-0.05, 0) is 57.0 Å². The summed E-state index contributed by atoms with van der Waals surface area (Å²) >= 11 is 0. The van der Waals surface area contributed by atoms with Crippen LogP contribution in [0.1, 0.15) is 32.8 Å². The third-order valence-corrected chi connectivity index (χ3v) is 3.94. The number of ether oxygens (including phenoxy) is 2. The molecule has 0 fully saturated rings. The van der Waals surface area contributed by atoms with E-state index < -0.39 is 5.60 Å². The van der Waals surface area contributed by atoms with Gasteiger partial charge < -0.3 is 14.4 Å². The van der Waals surface area contributed by atoms with Crippen LogP contribution in [-0.4, -0.2) is 34.7 Å². The molecular weight excluding hydrogens is 328 g/mol. The second kappa shape index (κ2) is 7.60. The summed E-state index contributed by atoms with van der Waals surface area (Å²) in [6.45, 7) is 6.75. The molecule has 26 heavy (non-hydrogen) atoms. The van der Waals surface area contributed by atoms with Gasteiger partial charge in [0.15, 0.2) is 0 Å². The first kappa shape index (κ1) is 18.0. The molecular formula is C21H24N2O3. The Bertz CT molecular complexity index is 794. The first-order valence-electron chi connectivity index (χ1n) is 8.77. The van der Waals surface area contributed by atoms with E-state index in [0.717, 1.165) is 23.3 Å². The third-order valence-electron chi connectivity index (χ3n) is 3.94. The topological polar surface area (TPSA) is 51.7 Å². The van der Waals surface area contributed by atoms with Crippen molar-refractivity contribution in [2.45, 2.75) is 32.8 Å². The zero-order chi connectivity index (χ0) is 18.6. The number of aromatic nitrogens is 1. The van der Waals surface area contributed by atoms with E-state index in [2.05, 4.69) is 4.98 Å². The first-order chi connectivity index (χ1) is 12.4. The quantitative estimate of drug-likeness (QED) is 0.788. The summed E-state index contributed by atoms with van der Waals surface area (Å²) < 4.78 is 11.4. The Morgan fingerprint density at radius 2 is 1.88 bits per heavy atom. The van der Waals surface area contributed by atoms with E-state index in [-0.39, 0.29) is 6.09 Å². The maximum absolute atomic E-state index is 12.2. The van der Waals surface area contributed by atoms with Crippen molar-refractivity contribution in [2.24, 2.45) is 0 Å². The first-order valence-corrected chi connectivity index (χ1v) is 8.77. The van der Waals surface area contributed by atoms with Crippen molar-refractivity contribution in [1.82, 2.24) is 9.88 Å². The summed E-state index contributed by atoms with van der Waals surface area (Å²) in [6, 6.07) is 13.5. The van der Waals surface area contributed by atoms with Gasteiger partial charge in [-0.25, -0.2) is 9.78 Å². The second-order valence-corrected chi connectivity index (χ2v) is 7.18. The van der Waals surface area contributed by atoms with Crippen LogP contribution in [0.2, 0.25) is 0 Å². The summed E-state index contributed by atoms with van der Waals surface area (Å²) in [6.07, 6.45) is 4.22. The van der Waals surface area contributed by atoms with Gasteiger partial charge >= 0.3 is 6.09 Å². The van der Waals surface area contributed by atoms with Crippen LogP contribution in [0.15, 0.2) is 54.7 Å². The maximum Gasteiger partial charge on any atom is 0.410 e. The Labute approximate surface area is 154 Å². The fourth-order valence-electron chi connectivity index (χ4n) is 2.72. The van der Waals surface area contributed by atoms with Crippen molar-refractivity contribution in [3.05, 3.63) is 60.3 Å². The monoisotopic (exact) mass is 352 g/mol. The average molecular weight is 352 g/mol. The van der Waals surface area contributed by atoms with Crippen molar-refractivity contribution >= 4 is 11.7 Å². The molecule has 1 aromatic heterocycles. The lowest BCUT2D eigenvalue weighted by molar-refractivity contribution is 0.0270. The molecule has 0 spiro atoms. The van der Waals surface area contributed by atoms with Crippen LogP contribution in [0.3, 0.4) is 0 Å². The number of amides is 1. The molecule has 1 amide bonds. The van der Waals surface area contributed by atoms with E-state index in [1.165, 1.54) is 0 Å². The zero-order valence-corrected chi connectivity index (χ0v) is 15.4. The zero-order valence-electron chi connectivity index (χ0n) is 15.4.